The zero-order valence-corrected chi connectivity index (χ0v) is 9.01. The van der Waals surface area contributed by atoms with Gasteiger partial charge in [-0.2, -0.15) is 0 Å². The van der Waals surface area contributed by atoms with Gasteiger partial charge in [0.2, 0.25) is 0 Å². The van der Waals surface area contributed by atoms with Crippen molar-refractivity contribution in [3.8, 4) is 0 Å². The maximum atomic E-state index is 5.92. The molecule has 13 heavy (non-hydrogen) atoms. The average Bonchev–Trinajstić information content (AvgIpc) is 2.07. The third-order valence-corrected chi connectivity index (χ3v) is 2.49. The molecule has 0 aliphatic carbocycles. The number of halogens is 2. The molecular weight excluding hydrogens is 227 g/mol. The van der Waals surface area contributed by atoms with Crippen molar-refractivity contribution in [3.63, 3.8) is 0 Å². The van der Waals surface area contributed by atoms with E-state index in [0.717, 1.165) is 5.56 Å². The summed E-state index contributed by atoms with van der Waals surface area (Å²) in [5.74, 6) is 0. The second-order valence-electron chi connectivity index (χ2n) is 2.43. The molecule has 0 unspecified atom stereocenters. The lowest BCUT2D eigenvalue weighted by Gasteiger charge is -2.06. The minimum absolute atomic E-state index is 0.246. The molecule has 0 spiro atoms. The third-order valence-electron chi connectivity index (χ3n) is 1.48. The van der Waals surface area contributed by atoms with Crippen molar-refractivity contribution in [2.45, 2.75) is 6.54 Å². The largest absolute Gasteiger partial charge is 0.376 e. The molecule has 1 aromatic carbocycles. The van der Waals surface area contributed by atoms with Gasteiger partial charge >= 0.3 is 0 Å². The summed E-state index contributed by atoms with van der Waals surface area (Å²) in [6.45, 7) is 0.495. The van der Waals surface area contributed by atoms with Crippen molar-refractivity contribution >= 4 is 40.5 Å². The van der Waals surface area contributed by atoms with Crippen molar-refractivity contribution in [3.05, 3.63) is 33.8 Å². The van der Waals surface area contributed by atoms with E-state index < -0.39 is 0 Å². The number of hydrogen-bond donors (Lipinski definition) is 2. The Hall–Kier alpha value is -0.510. The van der Waals surface area contributed by atoms with Crippen molar-refractivity contribution in [1.82, 2.24) is 5.32 Å². The lowest BCUT2D eigenvalue weighted by Crippen LogP contribution is -2.28. The summed E-state index contributed by atoms with van der Waals surface area (Å²) < 4.78 is 0. The minimum Gasteiger partial charge on any atom is -0.376 e. The highest BCUT2D eigenvalue weighted by molar-refractivity contribution is 7.80. The van der Waals surface area contributed by atoms with Crippen molar-refractivity contribution < 1.29 is 0 Å². The topological polar surface area (TPSA) is 38.0 Å². The molecule has 0 aliphatic heterocycles. The molecule has 0 aromatic heterocycles. The Morgan fingerprint density at radius 3 is 2.77 bits per heavy atom. The first-order chi connectivity index (χ1) is 6.11. The highest BCUT2D eigenvalue weighted by atomic mass is 35.5. The molecule has 0 heterocycles. The zero-order valence-electron chi connectivity index (χ0n) is 6.68. The zero-order chi connectivity index (χ0) is 9.84. The van der Waals surface area contributed by atoms with E-state index in [1.165, 1.54) is 0 Å². The predicted octanol–water partition coefficient (Wildman–Crippen LogP) is 2.33. The standard InChI is InChI=1S/C8H8Cl2N2S/c9-6-3-1-2-5(7(6)10)4-12-8(11)13/h1-3H,4H2,(H3,11,12,13). The first-order valence-electron chi connectivity index (χ1n) is 3.57. The molecule has 0 saturated heterocycles. The van der Waals surface area contributed by atoms with E-state index in [4.69, 9.17) is 28.9 Å². The maximum Gasteiger partial charge on any atom is 0.163 e. The fourth-order valence-electron chi connectivity index (χ4n) is 0.867. The molecule has 0 amide bonds. The summed E-state index contributed by atoms with van der Waals surface area (Å²) in [7, 11) is 0. The van der Waals surface area contributed by atoms with Gasteiger partial charge in [-0.1, -0.05) is 35.3 Å². The molecule has 0 saturated carbocycles. The fraction of sp³-hybridized carbons (Fsp3) is 0.125. The van der Waals surface area contributed by atoms with Crippen LogP contribution in [-0.2, 0) is 6.54 Å². The van der Waals surface area contributed by atoms with Gasteiger partial charge in [0.15, 0.2) is 5.11 Å². The highest BCUT2D eigenvalue weighted by Gasteiger charge is 2.03. The number of nitrogens with one attached hydrogen (secondary N) is 1. The molecule has 3 N–H and O–H groups in total. The van der Waals surface area contributed by atoms with Crippen molar-refractivity contribution in [2.75, 3.05) is 0 Å². The molecule has 1 rings (SSSR count). The van der Waals surface area contributed by atoms with Crippen LogP contribution in [0.25, 0.3) is 0 Å². The Morgan fingerprint density at radius 1 is 1.46 bits per heavy atom. The van der Waals surface area contributed by atoms with Crippen LogP contribution in [-0.4, -0.2) is 5.11 Å². The molecule has 0 aliphatic rings. The molecular formula is C8H8Cl2N2S. The molecule has 5 heteroatoms. The van der Waals surface area contributed by atoms with E-state index in [1.807, 2.05) is 12.1 Å². The fourth-order valence-corrected chi connectivity index (χ4v) is 1.33. The average molecular weight is 235 g/mol. The van der Waals surface area contributed by atoms with E-state index in [-0.39, 0.29) is 5.11 Å². The highest BCUT2D eigenvalue weighted by Crippen LogP contribution is 2.25. The summed E-state index contributed by atoms with van der Waals surface area (Å²) >= 11 is 16.4. The first kappa shape index (κ1) is 10.6. The van der Waals surface area contributed by atoms with Gasteiger partial charge in [-0.15, -0.1) is 0 Å². The maximum absolute atomic E-state index is 5.92. The lowest BCUT2D eigenvalue weighted by molar-refractivity contribution is 0.920. The number of thiocarbonyl (C=S) groups is 1. The molecule has 0 fully saturated rings. The lowest BCUT2D eigenvalue weighted by atomic mass is 10.2. The third kappa shape index (κ3) is 3.03. The van der Waals surface area contributed by atoms with Gasteiger partial charge in [0.25, 0.3) is 0 Å². The van der Waals surface area contributed by atoms with Crippen LogP contribution in [0.5, 0.6) is 0 Å². The second-order valence-corrected chi connectivity index (χ2v) is 3.66. The Kier molecular flexibility index (Phi) is 3.78. The molecule has 0 bridgehead atoms. The van der Waals surface area contributed by atoms with E-state index in [0.29, 0.717) is 16.6 Å². The van der Waals surface area contributed by atoms with Gasteiger partial charge in [0.1, 0.15) is 0 Å². The monoisotopic (exact) mass is 234 g/mol. The Bertz CT molecular complexity index is 328. The normalized spacial score (nSPS) is 9.69. The van der Waals surface area contributed by atoms with E-state index in [1.54, 1.807) is 6.07 Å². The van der Waals surface area contributed by atoms with Crippen molar-refractivity contribution in [2.24, 2.45) is 5.73 Å². The van der Waals surface area contributed by atoms with Crippen LogP contribution in [0, 0.1) is 0 Å². The first-order valence-corrected chi connectivity index (χ1v) is 4.74. The van der Waals surface area contributed by atoms with Gasteiger partial charge < -0.3 is 11.1 Å². The van der Waals surface area contributed by atoms with E-state index in [2.05, 4.69) is 17.5 Å². The van der Waals surface area contributed by atoms with Crippen LogP contribution in [0.15, 0.2) is 18.2 Å². The summed E-state index contributed by atoms with van der Waals surface area (Å²) in [5.41, 5.74) is 6.15. The van der Waals surface area contributed by atoms with Crippen LogP contribution in [0.3, 0.4) is 0 Å². The number of hydrogen-bond acceptors (Lipinski definition) is 1. The molecule has 2 nitrogen and oxygen atoms in total. The summed E-state index contributed by atoms with van der Waals surface area (Å²) in [6.07, 6.45) is 0. The summed E-state index contributed by atoms with van der Waals surface area (Å²) in [4.78, 5) is 0. The van der Waals surface area contributed by atoms with Crippen LogP contribution in [0.4, 0.5) is 0 Å². The van der Waals surface area contributed by atoms with Crippen LogP contribution in [0.1, 0.15) is 5.56 Å². The molecule has 1 aromatic rings. The van der Waals surface area contributed by atoms with Crippen molar-refractivity contribution in [1.29, 1.82) is 0 Å². The number of rotatable bonds is 2. The summed E-state index contributed by atoms with van der Waals surface area (Å²) in [5, 5.41) is 4.11. The van der Waals surface area contributed by atoms with Gasteiger partial charge in [0.05, 0.1) is 10.0 Å². The molecule has 70 valence electrons. The van der Waals surface area contributed by atoms with Gasteiger partial charge in [-0.3, -0.25) is 0 Å². The number of nitrogens with two attached hydrogens (primary N) is 1. The predicted molar refractivity (Wildman–Crippen MR) is 60.1 cm³/mol. The van der Waals surface area contributed by atoms with Gasteiger partial charge in [-0.25, -0.2) is 0 Å². The Labute approximate surface area is 92.0 Å². The van der Waals surface area contributed by atoms with Gasteiger partial charge in [0, 0.05) is 6.54 Å². The van der Waals surface area contributed by atoms with Gasteiger partial charge in [-0.05, 0) is 23.8 Å². The molecule has 0 atom stereocenters. The Balaban J connectivity index is 2.77. The number of benzene rings is 1. The Morgan fingerprint density at radius 2 is 2.15 bits per heavy atom. The molecule has 0 radical (unpaired) electrons. The SMILES string of the molecule is NC(=S)NCc1cccc(Cl)c1Cl. The van der Waals surface area contributed by atoms with E-state index in [9.17, 15) is 0 Å². The van der Waals surface area contributed by atoms with Crippen LogP contribution in [0.2, 0.25) is 10.0 Å². The van der Waals surface area contributed by atoms with Crippen LogP contribution < -0.4 is 11.1 Å². The van der Waals surface area contributed by atoms with Crippen LogP contribution >= 0.6 is 35.4 Å². The summed E-state index contributed by atoms with van der Waals surface area (Å²) in [6, 6.07) is 5.42. The quantitative estimate of drug-likeness (QED) is 0.772. The minimum atomic E-state index is 0.246. The smallest absolute Gasteiger partial charge is 0.163 e. The second kappa shape index (κ2) is 4.65. The van der Waals surface area contributed by atoms with E-state index >= 15 is 0 Å².